The number of halogens is 2. The summed E-state index contributed by atoms with van der Waals surface area (Å²) in [6.45, 7) is 1.59. The van der Waals surface area contributed by atoms with Crippen LogP contribution in [0, 0.1) is 0 Å². The maximum absolute atomic E-state index is 12.0. The van der Waals surface area contributed by atoms with Gasteiger partial charge in [0.1, 0.15) is 0 Å². The van der Waals surface area contributed by atoms with Crippen molar-refractivity contribution in [3.8, 4) is 0 Å². The highest BCUT2D eigenvalue weighted by Gasteiger charge is 2.06. The molecule has 120 valence electrons. The highest BCUT2D eigenvalue weighted by molar-refractivity contribution is 9.10. The molecule has 0 aliphatic rings. The lowest BCUT2D eigenvalue weighted by molar-refractivity contribution is -0.121. The predicted octanol–water partition coefficient (Wildman–Crippen LogP) is 2.48. The Balaban J connectivity index is 0.00000400. The van der Waals surface area contributed by atoms with Gasteiger partial charge in [0.25, 0.3) is 0 Å². The molecule has 0 saturated carbocycles. The van der Waals surface area contributed by atoms with Gasteiger partial charge >= 0.3 is 0 Å². The van der Waals surface area contributed by atoms with Gasteiger partial charge in [-0.1, -0.05) is 15.9 Å². The van der Waals surface area contributed by atoms with Gasteiger partial charge in [0.05, 0.1) is 10.8 Å². The number of benzene rings is 1. The molecular formula is C14H22BrClN2O2S. The standard InChI is InChI=1S/C14H21BrN2O2S.ClH/c1-16-9-3-10-17-14(18)4-2-11-20(19)13-7-5-12(15)6-8-13;/h5-8,16H,2-4,9-11H2,1H3,(H,17,18);1H. The maximum atomic E-state index is 12.0. The van der Waals surface area contributed by atoms with Crippen molar-refractivity contribution in [1.82, 2.24) is 10.6 Å². The summed E-state index contributed by atoms with van der Waals surface area (Å²) >= 11 is 3.35. The predicted molar refractivity (Wildman–Crippen MR) is 93.5 cm³/mol. The largest absolute Gasteiger partial charge is 0.356 e. The van der Waals surface area contributed by atoms with Crippen molar-refractivity contribution in [3.63, 3.8) is 0 Å². The van der Waals surface area contributed by atoms with Crippen molar-refractivity contribution in [2.75, 3.05) is 25.9 Å². The van der Waals surface area contributed by atoms with Gasteiger partial charge < -0.3 is 10.6 Å². The van der Waals surface area contributed by atoms with Crippen molar-refractivity contribution in [3.05, 3.63) is 28.7 Å². The lowest BCUT2D eigenvalue weighted by Gasteiger charge is -2.05. The van der Waals surface area contributed by atoms with E-state index in [0.717, 1.165) is 22.3 Å². The van der Waals surface area contributed by atoms with Crippen molar-refractivity contribution in [2.24, 2.45) is 0 Å². The van der Waals surface area contributed by atoms with E-state index in [2.05, 4.69) is 26.6 Å². The van der Waals surface area contributed by atoms with Crippen LogP contribution in [0.5, 0.6) is 0 Å². The van der Waals surface area contributed by atoms with Crippen LogP contribution in [0.1, 0.15) is 19.3 Å². The van der Waals surface area contributed by atoms with E-state index in [1.807, 2.05) is 31.3 Å². The number of hydrogen-bond acceptors (Lipinski definition) is 3. The van der Waals surface area contributed by atoms with Crippen molar-refractivity contribution >= 4 is 45.0 Å². The topological polar surface area (TPSA) is 58.2 Å². The molecule has 0 saturated heterocycles. The van der Waals surface area contributed by atoms with Gasteiger partial charge in [0, 0.05) is 28.1 Å². The van der Waals surface area contributed by atoms with Crippen molar-refractivity contribution in [2.45, 2.75) is 24.2 Å². The van der Waals surface area contributed by atoms with E-state index in [1.54, 1.807) is 0 Å². The molecule has 0 aliphatic carbocycles. The summed E-state index contributed by atoms with van der Waals surface area (Å²) in [6, 6.07) is 7.44. The second kappa shape index (κ2) is 12.1. The number of rotatable bonds is 9. The summed E-state index contributed by atoms with van der Waals surface area (Å²) in [4.78, 5) is 12.3. The van der Waals surface area contributed by atoms with E-state index in [-0.39, 0.29) is 18.3 Å². The van der Waals surface area contributed by atoms with E-state index in [1.165, 1.54) is 0 Å². The zero-order chi connectivity index (χ0) is 14.8. The van der Waals surface area contributed by atoms with Crippen LogP contribution in [0.15, 0.2) is 33.6 Å². The molecule has 1 aromatic rings. The zero-order valence-corrected chi connectivity index (χ0v) is 15.3. The molecule has 21 heavy (non-hydrogen) atoms. The second-order valence-corrected chi connectivity index (χ2v) is 6.90. The summed E-state index contributed by atoms with van der Waals surface area (Å²) in [7, 11) is 0.860. The molecule has 0 radical (unpaired) electrons. The molecular weight excluding hydrogens is 376 g/mol. The normalized spacial score (nSPS) is 11.5. The molecule has 1 rings (SSSR count). The lowest BCUT2D eigenvalue weighted by Crippen LogP contribution is -2.26. The smallest absolute Gasteiger partial charge is 0.220 e. The third kappa shape index (κ3) is 9.24. The monoisotopic (exact) mass is 396 g/mol. The van der Waals surface area contributed by atoms with Gasteiger partial charge in [0.2, 0.25) is 5.91 Å². The highest BCUT2D eigenvalue weighted by atomic mass is 79.9. The van der Waals surface area contributed by atoms with Gasteiger partial charge in [-0.05, 0) is 50.7 Å². The Morgan fingerprint density at radius 1 is 1.19 bits per heavy atom. The summed E-state index contributed by atoms with van der Waals surface area (Å²) in [6.07, 6.45) is 2.00. The average Bonchev–Trinajstić information content (AvgIpc) is 2.44. The Bertz CT molecular complexity index is 443. The van der Waals surface area contributed by atoms with Gasteiger partial charge in [0.15, 0.2) is 0 Å². The summed E-state index contributed by atoms with van der Waals surface area (Å²) in [5.41, 5.74) is 0. The fraction of sp³-hybridized carbons (Fsp3) is 0.500. The van der Waals surface area contributed by atoms with E-state index < -0.39 is 10.8 Å². The van der Waals surface area contributed by atoms with Crippen molar-refractivity contribution < 1.29 is 9.00 Å². The average molecular weight is 398 g/mol. The first-order valence-corrected chi connectivity index (χ1v) is 8.80. The zero-order valence-electron chi connectivity index (χ0n) is 12.1. The van der Waals surface area contributed by atoms with Gasteiger partial charge in [-0.15, -0.1) is 12.4 Å². The van der Waals surface area contributed by atoms with E-state index in [0.29, 0.717) is 25.1 Å². The SMILES string of the molecule is CNCCCNC(=O)CCCS(=O)c1ccc(Br)cc1.Cl. The van der Waals surface area contributed by atoms with Crippen molar-refractivity contribution in [1.29, 1.82) is 0 Å². The van der Waals surface area contributed by atoms with Crippen LogP contribution in [0.2, 0.25) is 0 Å². The number of hydrogen-bond donors (Lipinski definition) is 2. The molecule has 0 aromatic heterocycles. The molecule has 1 unspecified atom stereocenters. The Hall–Kier alpha value is -0.430. The molecule has 0 spiro atoms. The molecule has 1 amide bonds. The number of carbonyl (C=O) groups excluding carboxylic acids is 1. The molecule has 4 nitrogen and oxygen atoms in total. The van der Waals surface area contributed by atoms with Gasteiger partial charge in [-0.25, -0.2) is 0 Å². The molecule has 1 aromatic carbocycles. The number of carbonyl (C=O) groups is 1. The number of nitrogens with one attached hydrogen (secondary N) is 2. The quantitative estimate of drug-likeness (QED) is 0.629. The highest BCUT2D eigenvalue weighted by Crippen LogP contribution is 2.14. The molecule has 0 heterocycles. The summed E-state index contributed by atoms with van der Waals surface area (Å²) in [5, 5.41) is 5.88. The van der Waals surface area contributed by atoms with Gasteiger partial charge in [-0.3, -0.25) is 9.00 Å². The first kappa shape index (κ1) is 20.6. The fourth-order valence-electron chi connectivity index (χ4n) is 1.65. The minimum Gasteiger partial charge on any atom is -0.356 e. The fourth-order valence-corrected chi connectivity index (χ4v) is 3.00. The van der Waals surface area contributed by atoms with Crippen LogP contribution in [0.25, 0.3) is 0 Å². The Labute approximate surface area is 143 Å². The molecule has 1 atom stereocenters. The minimum atomic E-state index is -1.03. The Kier molecular flexibility index (Phi) is 11.9. The molecule has 0 fully saturated rings. The summed E-state index contributed by atoms with van der Waals surface area (Å²) < 4.78 is 13.0. The molecule has 7 heteroatoms. The third-order valence-electron chi connectivity index (χ3n) is 2.74. The van der Waals surface area contributed by atoms with Crippen LogP contribution in [-0.2, 0) is 15.6 Å². The first-order chi connectivity index (χ1) is 9.63. The Morgan fingerprint density at radius 3 is 2.48 bits per heavy atom. The van der Waals surface area contributed by atoms with Gasteiger partial charge in [-0.2, -0.15) is 0 Å². The first-order valence-electron chi connectivity index (χ1n) is 6.68. The second-order valence-electron chi connectivity index (χ2n) is 4.41. The van der Waals surface area contributed by atoms with Crippen LogP contribution < -0.4 is 10.6 Å². The molecule has 0 aliphatic heterocycles. The van der Waals surface area contributed by atoms with Crippen LogP contribution in [-0.4, -0.2) is 36.0 Å². The summed E-state index contributed by atoms with van der Waals surface area (Å²) in [5.74, 6) is 0.555. The van der Waals surface area contributed by atoms with E-state index >= 15 is 0 Å². The van der Waals surface area contributed by atoms with Crippen LogP contribution in [0.4, 0.5) is 0 Å². The van der Waals surface area contributed by atoms with Crippen LogP contribution in [0.3, 0.4) is 0 Å². The number of amides is 1. The third-order valence-corrected chi connectivity index (χ3v) is 4.72. The Morgan fingerprint density at radius 2 is 1.86 bits per heavy atom. The van der Waals surface area contributed by atoms with E-state index in [9.17, 15) is 9.00 Å². The maximum Gasteiger partial charge on any atom is 0.220 e. The lowest BCUT2D eigenvalue weighted by atomic mass is 10.3. The van der Waals surface area contributed by atoms with E-state index in [4.69, 9.17) is 0 Å². The molecule has 0 bridgehead atoms. The minimum absolute atomic E-state index is 0. The van der Waals surface area contributed by atoms with Crippen LogP contribution >= 0.6 is 28.3 Å². The molecule has 2 N–H and O–H groups in total.